The van der Waals surface area contributed by atoms with E-state index in [9.17, 15) is 0 Å². The SMILES string of the molecule is CCC1=[C-]C(C2=CC=CC2)C(CC)=C1CC.[CH3-].[CH3-].[Si]=[Zr]. The minimum absolute atomic E-state index is 0. The zero-order valence-electron chi connectivity index (χ0n) is 13.6. The van der Waals surface area contributed by atoms with E-state index >= 15 is 0 Å². The second-order valence-corrected chi connectivity index (χ2v) is 4.49. The monoisotopic (exact) mass is 361 g/mol. The molecule has 0 aromatic carbocycles. The Morgan fingerprint density at radius 3 is 2.20 bits per heavy atom. The van der Waals surface area contributed by atoms with Crippen LogP contribution < -0.4 is 0 Å². The van der Waals surface area contributed by atoms with Gasteiger partial charge >= 0.3 is 30.2 Å². The van der Waals surface area contributed by atoms with Crippen LogP contribution in [0.3, 0.4) is 0 Å². The van der Waals surface area contributed by atoms with Crippen LogP contribution in [0.15, 0.2) is 40.5 Å². The first-order valence-corrected chi connectivity index (χ1v) is 11.0. The topological polar surface area (TPSA) is 0 Å². The predicted molar refractivity (Wildman–Crippen MR) is 88.6 cm³/mol. The standard InChI is InChI=1S/C16H21.2CH3.Si.Zr/c1-4-12-11-16(13-9-7-8-10-13)15(6-3)14(12)5-2;;;;/h7-9,16H,4-6,10H2,1-3H3;2*1H3;;/q3*-1;;. The molecule has 0 bridgehead atoms. The van der Waals surface area contributed by atoms with Gasteiger partial charge in [-0.2, -0.15) is 11.1 Å². The van der Waals surface area contributed by atoms with Crippen LogP contribution in [0.1, 0.15) is 46.5 Å². The fraction of sp³-hybridized carbons (Fsp3) is 0.444. The van der Waals surface area contributed by atoms with Gasteiger partial charge in [0.15, 0.2) is 0 Å². The molecular formula is C18H27SiZr-3. The molecule has 0 aromatic rings. The second kappa shape index (κ2) is 11.7. The molecule has 0 fully saturated rings. The van der Waals surface area contributed by atoms with Crippen molar-refractivity contribution in [1.82, 2.24) is 0 Å². The van der Waals surface area contributed by atoms with Crippen LogP contribution in [0.2, 0.25) is 0 Å². The van der Waals surface area contributed by atoms with Crippen molar-refractivity contribution in [1.29, 1.82) is 0 Å². The third kappa shape index (κ3) is 4.81. The maximum absolute atomic E-state index is 3.72. The summed E-state index contributed by atoms with van der Waals surface area (Å²) in [5.41, 5.74) is 6.21. The molecule has 0 nitrogen and oxygen atoms in total. The van der Waals surface area contributed by atoms with Crippen molar-refractivity contribution in [3.63, 3.8) is 0 Å². The van der Waals surface area contributed by atoms with Crippen LogP contribution in [-0.4, -0.2) is 6.88 Å². The van der Waals surface area contributed by atoms with Gasteiger partial charge < -0.3 is 14.9 Å². The first kappa shape index (κ1) is 22.3. The Kier molecular flexibility index (Phi) is 13.1. The maximum atomic E-state index is 3.72. The zero-order valence-corrected chi connectivity index (χ0v) is 17.1. The van der Waals surface area contributed by atoms with Crippen LogP contribution in [-0.2, 0) is 23.3 Å². The summed E-state index contributed by atoms with van der Waals surface area (Å²) in [7, 11) is 0. The Morgan fingerprint density at radius 1 is 1.15 bits per heavy atom. The van der Waals surface area contributed by atoms with E-state index in [0.29, 0.717) is 5.92 Å². The molecule has 0 heterocycles. The van der Waals surface area contributed by atoms with Crippen LogP contribution in [0.25, 0.3) is 0 Å². The van der Waals surface area contributed by atoms with Crippen molar-refractivity contribution < 1.29 is 23.3 Å². The van der Waals surface area contributed by atoms with Crippen molar-refractivity contribution in [2.45, 2.75) is 46.5 Å². The van der Waals surface area contributed by atoms with Crippen molar-refractivity contribution in [2.24, 2.45) is 5.92 Å². The fourth-order valence-electron chi connectivity index (χ4n) is 2.88. The molecule has 2 heteroatoms. The van der Waals surface area contributed by atoms with Crippen LogP contribution in [0.4, 0.5) is 0 Å². The van der Waals surface area contributed by atoms with Crippen molar-refractivity contribution in [2.75, 3.05) is 0 Å². The fourth-order valence-corrected chi connectivity index (χ4v) is 2.88. The average molecular weight is 363 g/mol. The normalized spacial score (nSPS) is 19.4. The van der Waals surface area contributed by atoms with Gasteiger partial charge in [-0.3, -0.25) is 6.08 Å². The molecule has 1 unspecified atom stereocenters. The molecule has 0 amide bonds. The van der Waals surface area contributed by atoms with Gasteiger partial charge in [0.05, 0.1) is 0 Å². The van der Waals surface area contributed by atoms with Crippen molar-refractivity contribution in [3.05, 3.63) is 61.4 Å². The van der Waals surface area contributed by atoms with Gasteiger partial charge in [0.1, 0.15) is 0 Å². The molecule has 2 aliphatic carbocycles. The molecule has 2 radical (unpaired) electrons. The Balaban J connectivity index is 0. The van der Waals surface area contributed by atoms with E-state index in [1.54, 1.807) is 11.1 Å². The third-order valence-corrected chi connectivity index (χ3v) is 3.68. The van der Waals surface area contributed by atoms with Gasteiger partial charge in [0.25, 0.3) is 0 Å². The van der Waals surface area contributed by atoms with Crippen LogP contribution >= 0.6 is 0 Å². The summed E-state index contributed by atoms with van der Waals surface area (Å²) in [6, 6.07) is 0. The number of hydrogen-bond acceptors (Lipinski definition) is 0. The van der Waals surface area contributed by atoms with Gasteiger partial charge in [-0.15, -0.1) is 0 Å². The number of allylic oxidation sites excluding steroid dienone is 8. The summed E-state index contributed by atoms with van der Waals surface area (Å²) in [6.45, 7) is 9.86. The number of hydrogen-bond donors (Lipinski definition) is 0. The average Bonchev–Trinajstić information content (AvgIpc) is 3.06. The summed E-state index contributed by atoms with van der Waals surface area (Å²) in [5.74, 6) is 0.491. The summed E-state index contributed by atoms with van der Waals surface area (Å²) < 4.78 is 0. The molecule has 0 spiro atoms. The second-order valence-electron chi connectivity index (χ2n) is 4.49. The molecule has 0 saturated carbocycles. The molecule has 1 atom stereocenters. The van der Waals surface area contributed by atoms with Gasteiger partial charge in [-0.05, 0) is 6.42 Å². The van der Waals surface area contributed by atoms with E-state index in [0.717, 1.165) is 19.3 Å². The van der Waals surface area contributed by atoms with Gasteiger partial charge in [0, 0.05) is 0 Å². The van der Waals surface area contributed by atoms with Crippen LogP contribution in [0.5, 0.6) is 0 Å². The molecule has 0 N–H and O–H groups in total. The predicted octanol–water partition coefficient (Wildman–Crippen LogP) is 5.28. The summed E-state index contributed by atoms with van der Waals surface area (Å²) >= 11 is 1.36. The van der Waals surface area contributed by atoms with Crippen molar-refractivity contribution in [3.8, 4) is 0 Å². The summed E-state index contributed by atoms with van der Waals surface area (Å²) in [4.78, 5) is 0. The molecule has 110 valence electrons. The van der Waals surface area contributed by atoms with E-state index in [4.69, 9.17) is 0 Å². The Labute approximate surface area is 143 Å². The number of rotatable bonds is 4. The molecule has 2 rings (SSSR count). The molecule has 0 saturated heterocycles. The Hall–Kier alpha value is 0.0600. The van der Waals surface area contributed by atoms with E-state index in [1.807, 2.05) is 0 Å². The van der Waals surface area contributed by atoms with E-state index in [1.165, 1.54) is 40.9 Å². The van der Waals surface area contributed by atoms with Crippen molar-refractivity contribution >= 4 is 6.88 Å². The Bertz CT molecular complexity index is 413. The van der Waals surface area contributed by atoms with Gasteiger partial charge in [-0.1, -0.05) is 69.8 Å². The van der Waals surface area contributed by atoms with Gasteiger partial charge in [-0.25, -0.2) is 5.57 Å². The van der Waals surface area contributed by atoms with E-state index in [2.05, 4.69) is 52.0 Å². The van der Waals surface area contributed by atoms with Gasteiger partial charge in [0.2, 0.25) is 0 Å². The molecule has 0 aliphatic heterocycles. The summed E-state index contributed by atoms with van der Waals surface area (Å²) in [5, 5.41) is 0. The minimum atomic E-state index is 0. The van der Waals surface area contributed by atoms with Crippen LogP contribution in [0, 0.1) is 26.8 Å². The van der Waals surface area contributed by atoms with E-state index < -0.39 is 0 Å². The Morgan fingerprint density at radius 2 is 1.80 bits per heavy atom. The molecule has 0 aromatic heterocycles. The quantitative estimate of drug-likeness (QED) is 0.472. The first-order chi connectivity index (χ1) is 8.81. The molecular weight excluding hydrogens is 336 g/mol. The third-order valence-electron chi connectivity index (χ3n) is 3.68. The molecule has 2 aliphatic rings. The first-order valence-electron chi connectivity index (χ1n) is 6.77. The van der Waals surface area contributed by atoms with E-state index in [-0.39, 0.29) is 14.9 Å². The molecule has 20 heavy (non-hydrogen) atoms. The zero-order chi connectivity index (χ0) is 13.5. The summed E-state index contributed by atoms with van der Waals surface area (Å²) in [6.07, 6.45) is 15.0.